The van der Waals surface area contributed by atoms with Crippen molar-refractivity contribution < 1.29 is 40.6 Å². The number of benzene rings is 2. The van der Waals surface area contributed by atoms with E-state index in [2.05, 4.69) is 15.4 Å². The summed E-state index contributed by atoms with van der Waals surface area (Å²) in [5.41, 5.74) is -2.75. The first-order valence-electron chi connectivity index (χ1n) is 8.96. The van der Waals surface area contributed by atoms with Crippen LogP contribution in [0.5, 0.6) is 0 Å². The van der Waals surface area contributed by atoms with Crippen LogP contribution in [0.4, 0.5) is 32.0 Å². The van der Waals surface area contributed by atoms with Crippen molar-refractivity contribution in [2.75, 3.05) is 19.0 Å². The summed E-state index contributed by atoms with van der Waals surface area (Å²) in [7, 11) is 1.10. The Bertz CT molecular complexity index is 903. The molecule has 0 heterocycles. The van der Waals surface area contributed by atoms with Crippen LogP contribution in [0.25, 0.3) is 0 Å². The number of carbonyl (C=O) groups excluding carboxylic acids is 1. The van der Waals surface area contributed by atoms with Crippen LogP contribution < -0.4 is 10.6 Å². The average molecular weight is 480 g/mol. The van der Waals surface area contributed by atoms with Crippen LogP contribution in [0.2, 0.25) is 0 Å². The van der Waals surface area contributed by atoms with E-state index in [1.165, 1.54) is 0 Å². The normalized spacial score (nSPS) is 12.7. The minimum atomic E-state index is -5.01. The molecule has 0 aliphatic rings. The van der Waals surface area contributed by atoms with Crippen molar-refractivity contribution in [3.8, 4) is 0 Å². The highest BCUT2D eigenvalue weighted by Gasteiger charge is 2.37. The predicted molar refractivity (Wildman–Crippen MR) is 108 cm³/mol. The maximum Gasteiger partial charge on any atom is 0.416 e. The number of thiocarbonyl (C=S) groups is 1. The monoisotopic (exact) mass is 480 g/mol. The molecule has 12 heteroatoms. The number of ether oxygens (including phenoxy) is 2. The minimum absolute atomic E-state index is 0.00364. The van der Waals surface area contributed by atoms with E-state index in [0.717, 1.165) is 12.7 Å². The smallest absolute Gasteiger partial charge is 0.416 e. The zero-order valence-electron chi connectivity index (χ0n) is 16.5. The average Bonchev–Trinajstić information content (AvgIpc) is 2.71. The molecule has 0 radical (unpaired) electrons. The SMILES string of the molecule is COC(=O)[C@H](COCc1ccccc1)NC(=S)Nc1cc(C(F)(F)F)cc(C(F)(F)F)c1. The van der Waals surface area contributed by atoms with E-state index < -0.39 is 46.3 Å². The molecule has 0 saturated heterocycles. The molecule has 0 aliphatic heterocycles. The molecule has 32 heavy (non-hydrogen) atoms. The second kappa shape index (κ2) is 10.6. The molecule has 0 unspecified atom stereocenters. The first kappa shape index (κ1) is 25.4. The molecule has 0 fully saturated rings. The number of hydrogen-bond acceptors (Lipinski definition) is 4. The molecule has 0 aromatic heterocycles. The number of carbonyl (C=O) groups is 1. The van der Waals surface area contributed by atoms with Crippen LogP contribution >= 0.6 is 12.2 Å². The standard InChI is InChI=1S/C20H18F6N2O3S/c1-30-17(29)16(11-31-10-12-5-3-2-4-6-12)28-18(32)27-15-8-13(19(21,22)23)7-14(9-15)20(24,25)26/h2-9,16H,10-11H2,1H3,(H2,27,28,32)/t16-/m0/s1. The van der Waals surface area contributed by atoms with Gasteiger partial charge in [0.1, 0.15) is 6.04 Å². The van der Waals surface area contributed by atoms with Crippen molar-refractivity contribution in [1.29, 1.82) is 0 Å². The van der Waals surface area contributed by atoms with Crippen LogP contribution in [0.1, 0.15) is 16.7 Å². The van der Waals surface area contributed by atoms with E-state index in [9.17, 15) is 31.1 Å². The van der Waals surface area contributed by atoms with Crippen molar-refractivity contribution in [1.82, 2.24) is 5.32 Å². The lowest BCUT2D eigenvalue weighted by Gasteiger charge is -2.20. The fourth-order valence-corrected chi connectivity index (χ4v) is 2.79. The fourth-order valence-electron chi connectivity index (χ4n) is 2.53. The van der Waals surface area contributed by atoms with E-state index in [0.29, 0.717) is 12.1 Å². The van der Waals surface area contributed by atoms with Crippen molar-refractivity contribution >= 4 is 29.0 Å². The second-order valence-electron chi connectivity index (χ2n) is 6.47. The Labute approximate surface area is 184 Å². The lowest BCUT2D eigenvalue weighted by Crippen LogP contribution is -2.46. The number of hydrogen-bond donors (Lipinski definition) is 2. The van der Waals surface area contributed by atoms with Gasteiger partial charge >= 0.3 is 18.3 Å². The van der Waals surface area contributed by atoms with Gasteiger partial charge in [-0.1, -0.05) is 30.3 Å². The predicted octanol–water partition coefficient (Wildman–Crippen LogP) is 4.77. The Kier molecular flexibility index (Phi) is 8.44. The summed E-state index contributed by atoms with van der Waals surface area (Å²) in [6.07, 6.45) is -10.0. The van der Waals surface area contributed by atoms with E-state index in [1.807, 2.05) is 6.07 Å². The van der Waals surface area contributed by atoms with Crippen LogP contribution in [-0.2, 0) is 33.2 Å². The van der Waals surface area contributed by atoms with E-state index >= 15 is 0 Å². The second-order valence-corrected chi connectivity index (χ2v) is 6.88. The van der Waals surface area contributed by atoms with Crippen LogP contribution in [0.3, 0.4) is 0 Å². The molecule has 5 nitrogen and oxygen atoms in total. The molecular formula is C20H18F6N2O3S. The van der Waals surface area contributed by atoms with Crippen LogP contribution in [0.15, 0.2) is 48.5 Å². The van der Waals surface area contributed by atoms with Gasteiger partial charge in [-0.25, -0.2) is 4.79 Å². The van der Waals surface area contributed by atoms with Gasteiger partial charge in [0.05, 0.1) is 31.5 Å². The number of rotatable bonds is 7. The summed E-state index contributed by atoms with van der Waals surface area (Å²) >= 11 is 4.95. The summed E-state index contributed by atoms with van der Waals surface area (Å²) in [5.74, 6) is -0.790. The van der Waals surface area contributed by atoms with Gasteiger partial charge in [-0.05, 0) is 36.0 Å². The third-order valence-corrected chi connectivity index (χ3v) is 4.25. The third-order valence-electron chi connectivity index (χ3n) is 4.03. The van der Waals surface area contributed by atoms with Gasteiger partial charge in [-0.3, -0.25) is 0 Å². The molecule has 1 atom stereocenters. The van der Waals surface area contributed by atoms with Gasteiger partial charge in [0.15, 0.2) is 5.11 Å². The molecule has 174 valence electrons. The summed E-state index contributed by atoms with van der Waals surface area (Å²) < 4.78 is 88.0. The highest BCUT2D eigenvalue weighted by molar-refractivity contribution is 7.80. The van der Waals surface area contributed by atoms with E-state index in [-0.39, 0.29) is 19.3 Å². The Morgan fingerprint density at radius 2 is 1.56 bits per heavy atom. The summed E-state index contributed by atoms with van der Waals surface area (Å²) in [4.78, 5) is 12.0. The lowest BCUT2D eigenvalue weighted by atomic mass is 10.1. The number of anilines is 1. The number of alkyl halides is 6. The van der Waals surface area contributed by atoms with Crippen molar-refractivity contribution in [3.05, 3.63) is 65.2 Å². The van der Waals surface area contributed by atoms with Gasteiger partial charge in [0.2, 0.25) is 0 Å². The Hall–Kier alpha value is -2.86. The van der Waals surface area contributed by atoms with E-state index in [4.69, 9.17) is 17.0 Å². The first-order valence-corrected chi connectivity index (χ1v) is 9.37. The van der Waals surface area contributed by atoms with Gasteiger partial charge < -0.3 is 20.1 Å². The van der Waals surface area contributed by atoms with Gasteiger partial charge in [0, 0.05) is 5.69 Å². The number of halogens is 6. The summed E-state index contributed by atoms with van der Waals surface area (Å²) in [6.45, 7) is -0.0709. The molecular weight excluding hydrogens is 462 g/mol. The molecule has 2 aromatic rings. The first-order chi connectivity index (χ1) is 14.9. The molecule has 2 rings (SSSR count). The Morgan fingerprint density at radius 3 is 2.06 bits per heavy atom. The maximum absolute atomic E-state index is 13.0. The van der Waals surface area contributed by atoms with Crippen molar-refractivity contribution in [2.45, 2.75) is 25.0 Å². The maximum atomic E-state index is 13.0. The lowest BCUT2D eigenvalue weighted by molar-refractivity contribution is -0.145. The highest BCUT2D eigenvalue weighted by Crippen LogP contribution is 2.37. The third kappa shape index (κ3) is 7.68. The fraction of sp³-hybridized carbons (Fsp3) is 0.300. The van der Waals surface area contributed by atoms with Gasteiger partial charge in [0.25, 0.3) is 0 Å². The van der Waals surface area contributed by atoms with Crippen molar-refractivity contribution in [3.63, 3.8) is 0 Å². The topological polar surface area (TPSA) is 59.6 Å². The summed E-state index contributed by atoms with van der Waals surface area (Å²) in [6, 6.07) is 8.76. The molecule has 0 spiro atoms. The largest absolute Gasteiger partial charge is 0.467 e. The van der Waals surface area contributed by atoms with Crippen LogP contribution in [-0.4, -0.2) is 30.8 Å². The van der Waals surface area contributed by atoms with E-state index in [1.54, 1.807) is 24.3 Å². The van der Waals surface area contributed by atoms with Gasteiger partial charge in [-0.15, -0.1) is 0 Å². The zero-order valence-corrected chi connectivity index (χ0v) is 17.3. The van der Waals surface area contributed by atoms with Crippen molar-refractivity contribution in [2.24, 2.45) is 0 Å². The molecule has 2 N–H and O–H groups in total. The van der Waals surface area contributed by atoms with Crippen LogP contribution in [0, 0.1) is 0 Å². The molecule has 0 amide bonds. The quantitative estimate of drug-likeness (QED) is 0.338. The zero-order chi connectivity index (χ0) is 23.9. The van der Waals surface area contributed by atoms with Gasteiger partial charge in [-0.2, -0.15) is 26.3 Å². The molecule has 2 aromatic carbocycles. The number of methoxy groups -OCH3 is 1. The number of nitrogens with one attached hydrogen (secondary N) is 2. The molecule has 0 saturated carbocycles. The number of esters is 1. The highest BCUT2D eigenvalue weighted by atomic mass is 32.1. The Balaban J connectivity index is 2.10. The summed E-state index contributed by atoms with van der Waals surface area (Å²) in [5, 5.41) is 4.33. The Morgan fingerprint density at radius 1 is 1.00 bits per heavy atom. The molecule has 0 bridgehead atoms. The minimum Gasteiger partial charge on any atom is -0.467 e. The molecule has 0 aliphatic carbocycles.